The van der Waals surface area contributed by atoms with E-state index in [-0.39, 0.29) is 16.7 Å². The number of hydrogen-bond donors (Lipinski definition) is 2. The fourth-order valence-corrected chi connectivity index (χ4v) is 6.47. The van der Waals surface area contributed by atoms with Crippen molar-refractivity contribution in [3.63, 3.8) is 0 Å². The zero-order valence-electron chi connectivity index (χ0n) is 27.7. The molecule has 0 unspecified atom stereocenters. The van der Waals surface area contributed by atoms with Crippen LogP contribution in [-0.4, -0.2) is 31.4 Å². The third-order valence-corrected chi connectivity index (χ3v) is 9.34. The van der Waals surface area contributed by atoms with Gasteiger partial charge in [-0.15, -0.1) is 0 Å². The smallest absolute Gasteiger partial charge is 0.282 e. The lowest BCUT2D eigenvalue weighted by Crippen LogP contribution is -2.21. The Balaban J connectivity index is 0.000000215. The van der Waals surface area contributed by atoms with E-state index < -0.39 is 25.7 Å². The van der Waals surface area contributed by atoms with Crippen LogP contribution in [0.4, 0.5) is 13.2 Å². The van der Waals surface area contributed by atoms with Crippen LogP contribution in [0.1, 0.15) is 87.1 Å². The highest BCUT2D eigenvalue weighted by molar-refractivity contribution is 7.86. The lowest BCUT2D eigenvalue weighted by molar-refractivity contribution is -0.0510. The van der Waals surface area contributed by atoms with Crippen molar-refractivity contribution < 1.29 is 39.1 Å². The molecule has 48 heavy (non-hydrogen) atoms. The van der Waals surface area contributed by atoms with Gasteiger partial charge in [0, 0.05) is 0 Å². The molecule has 0 saturated carbocycles. The molecule has 5 aromatic rings. The molecule has 0 heterocycles. The Morgan fingerprint density at radius 1 is 0.583 bits per heavy atom. The van der Waals surface area contributed by atoms with E-state index in [1.807, 2.05) is 39.8 Å². The molecule has 5 rings (SSSR count). The topological polar surface area (TPSA) is 109 Å². The largest absolute Gasteiger partial charge is 0.522 e. The molecular formula is C37H41F3O6S2. The van der Waals surface area contributed by atoms with Crippen LogP contribution in [0.25, 0.3) is 21.5 Å². The summed E-state index contributed by atoms with van der Waals surface area (Å²) in [6.45, 7) is 11.9. The molecule has 258 valence electrons. The SMILES string of the molecule is CC(C)c1cc(C(C)C)c(S(=O)(=O)O)c(C(C)C)c1.O=S(=O)(O)C(F)(F)F.c1ccc2c(Cc3cccc4ccccc34)cccc2c1. The zero-order chi connectivity index (χ0) is 36.0. The van der Waals surface area contributed by atoms with Crippen LogP contribution in [0.15, 0.2) is 102 Å². The Labute approximate surface area is 281 Å². The Kier molecular flexibility index (Phi) is 12.6. The molecule has 5 aromatic carbocycles. The molecule has 0 aromatic heterocycles. The van der Waals surface area contributed by atoms with Gasteiger partial charge in [0.1, 0.15) is 4.90 Å². The maximum absolute atomic E-state index is 11.7. The fourth-order valence-electron chi connectivity index (χ4n) is 5.29. The van der Waals surface area contributed by atoms with Crippen molar-refractivity contribution in [2.24, 2.45) is 0 Å². The Bertz CT molecular complexity index is 1970. The van der Waals surface area contributed by atoms with E-state index in [2.05, 4.69) is 98.8 Å². The summed E-state index contributed by atoms with van der Waals surface area (Å²) >= 11 is 0. The summed E-state index contributed by atoms with van der Waals surface area (Å²) in [5, 5.41) is 5.34. The number of benzene rings is 5. The normalized spacial score (nSPS) is 12.2. The van der Waals surface area contributed by atoms with Gasteiger partial charge in [0.05, 0.1) is 0 Å². The summed E-state index contributed by atoms with van der Waals surface area (Å²) in [7, 11) is -10.0. The molecule has 0 aliphatic heterocycles. The molecule has 0 atom stereocenters. The average molecular weight is 703 g/mol. The lowest BCUT2D eigenvalue weighted by atomic mass is 9.89. The number of hydrogen-bond acceptors (Lipinski definition) is 4. The molecule has 0 spiro atoms. The van der Waals surface area contributed by atoms with Gasteiger partial charge in [-0.2, -0.15) is 30.0 Å². The van der Waals surface area contributed by atoms with E-state index >= 15 is 0 Å². The van der Waals surface area contributed by atoms with E-state index in [4.69, 9.17) is 13.0 Å². The van der Waals surface area contributed by atoms with Crippen LogP contribution in [-0.2, 0) is 26.7 Å². The molecule has 6 nitrogen and oxygen atoms in total. The maximum atomic E-state index is 11.7. The summed E-state index contributed by atoms with van der Waals surface area (Å²) in [5.41, 5.74) is -0.226. The zero-order valence-corrected chi connectivity index (χ0v) is 29.3. The monoisotopic (exact) mass is 702 g/mol. The summed E-state index contributed by atoms with van der Waals surface area (Å²) in [6, 6.07) is 34.2. The highest BCUT2D eigenvalue weighted by Gasteiger charge is 2.44. The second kappa shape index (κ2) is 15.6. The molecule has 0 radical (unpaired) electrons. The van der Waals surface area contributed by atoms with Crippen LogP contribution in [0.3, 0.4) is 0 Å². The predicted molar refractivity (Wildman–Crippen MR) is 187 cm³/mol. The molecule has 0 fully saturated rings. The van der Waals surface area contributed by atoms with Gasteiger partial charge < -0.3 is 0 Å². The third kappa shape index (κ3) is 9.88. The highest BCUT2D eigenvalue weighted by atomic mass is 32.2. The summed E-state index contributed by atoms with van der Waals surface area (Å²) in [6.07, 6.45) is 0.975. The van der Waals surface area contributed by atoms with E-state index in [1.54, 1.807) is 0 Å². The molecule has 0 aliphatic carbocycles. The molecule has 0 aliphatic rings. The second-order valence-corrected chi connectivity index (χ2v) is 15.1. The van der Waals surface area contributed by atoms with Crippen molar-refractivity contribution in [1.82, 2.24) is 0 Å². The van der Waals surface area contributed by atoms with Crippen molar-refractivity contribution in [1.29, 1.82) is 0 Å². The summed E-state index contributed by atoms with van der Waals surface area (Å²) in [4.78, 5) is 0.0990. The molecule has 11 heteroatoms. The van der Waals surface area contributed by atoms with Gasteiger partial charge in [0.2, 0.25) is 0 Å². The van der Waals surface area contributed by atoms with Crippen LogP contribution in [0.2, 0.25) is 0 Å². The van der Waals surface area contributed by atoms with Crippen molar-refractivity contribution >= 4 is 41.8 Å². The fraction of sp³-hybridized carbons (Fsp3) is 0.297. The van der Waals surface area contributed by atoms with Gasteiger partial charge in [0.25, 0.3) is 10.1 Å². The van der Waals surface area contributed by atoms with Crippen LogP contribution >= 0.6 is 0 Å². The van der Waals surface area contributed by atoms with Crippen molar-refractivity contribution in [2.45, 2.75) is 76.1 Å². The number of halogens is 3. The average Bonchev–Trinajstić information content (AvgIpc) is 3.00. The first kappa shape index (κ1) is 38.7. The van der Waals surface area contributed by atoms with E-state index in [0.717, 1.165) is 12.0 Å². The number of alkyl halides is 3. The van der Waals surface area contributed by atoms with Gasteiger partial charge in [0.15, 0.2) is 0 Å². The molecular weight excluding hydrogens is 662 g/mol. The molecule has 0 bridgehead atoms. The van der Waals surface area contributed by atoms with Gasteiger partial charge in [-0.1, -0.05) is 139 Å². The van der Waals surface area contributed by atoms with Crippen molar-refractivity contribution in [2.75, 3.05) is 0 Å². The second-order valence-electron chi connectivity index (χ2n) is 12.3. The van der Waals surface area contributed by atoms with E-state index in [9.17, 15) is 26.1 Å². The van der Waals surface area contributed by atoms with Crippen LogP contribution in [0, 0.1) is 0 Å². The number of rotatable bonds is 6. The Morgan fingerprint density at radius 2 is 0.938 bits per heavy atom. The van der Waals surface area contributed by atoms with Gasteiger partial charge in [-0.25, -0.2) is 0 Å². The quantitative estimate of drug-likeness (QED) is 0.135. The Morgan fingerprint density at radius 3 is 1.25 bits per heavy atom. The van der Waals surface area contributed by atoms with Gasteiger partial charge in [-0.05, 0) is 73.5 Å². The molecule has 0 amide bonds. The van der Waals surface area contributed by atoms with E-state index in [0.29, 0.717) is 17.0 Å². The third-order valence-electron chi connectivity index (χ3n) is 7.77. The van der Waals surface area contributed by atoms with Crippen molar-refractivity contribution in [3.8, 4) is 0 Å². The molecule has 0 saturated heterocycles. The minimum Gasteiger partial charge on any atom is -0.282 e. The maximum Gasteiger partial charge on any atom is 0.522 e. The standard InChI is InChI=1S/C21H16.C15H24O3S.CHF3O3S/c1-3-13-20-16(7-1)9-5-11-18(20)15-19-12-6-10-17-8-2-4-14-21(17)19;1-9(2)12-7-13(10(3)4)15(19(16,17)18)14(8-12)11(5)6;2-1(3,4)8(5,6)7/h1-14H,15H2;7-11H,1-6H3,(H,16,17,18);(H,5,6,7). The minimum atomic E-state index is -5.84. The minimum absolute atomic E-state index is 0.0492. The summed E-state index contributed by atoms with van der Waals surface area (Å²) < 4.78 is 90.5. The van der Waals surface area contributed by atoms with Crippen molar-refractivity contribution in [3.05, 3.63) is 125 Å². The van der Waals surface area contributed by atoms with Crippen LogP contribution in [0.5, 0.6) is 0 Å². The molecule has 2 N–H and O–H groups in total. The van der Waals surface area contributed by atoms with Gasteiger partial charge >= 0.3 is 15.6 Å². The summed E-state index contributed by atoms with van der Waals surface area (Å²) in [5.74, 6) is 0.423. The first-order chi connectivity index (χ1) is 22.2. The Hall–Kier alpha value is -3.77. The predicted octanol–water partition coefficient (Wildman–Crippen LogP) is 10.3. The first-order valence-electron chi connectivity index (χ1n) is 15.3. The highest BCUT2D eigenvalue weighted by Crippen LogP contribution is 2.35. The van der Waals surface area contributed by atoms with E-state index in [1.165, 1.54) is 32.7 Å². The first-order valence-corrected chi connectivity index (χ1v) is 18.2. The lowest BCUT2D eigenvalue weighted by Gasteiger charge is -2.20. The number of fused-ring (bicyclic) bond motifs is 2. The van der Waals surface area contributed by atoms with Crippen LogP contribution < -0.4 is 0 Å². The van der Waals surface area contributed by atoms with Gasteiger partial charge in [-0.3, -0.25) is 9.11 Å².